The van der Waals surface area contributed by atoms with Gasteiger partial charge in [-0.1, -0.05) is 42.6 Å². The van der Waals surface area contributed by atoms with Crippen LogP contribution in [0, 0.1) is 23.1 Å². The summed E-state index contributed by atoms with van der Waals surface area (Å²) in [7, 11) is 0. The van der Waals surface area contributed by atoms with Gasteiger partial charge in [0, 0.05) is 23.3 Å². The Morgan fingerprint density at radius 3 is 2.51 bits per heavy atom. The van der Waals surface area contributed by atoms with Crippen molar-refractivity contribution in [1.29, 1.82) is 5.26 Å². The number of nitrogens with zero attached hydrogens (tertiary/aromatic N) is 2. The third kappa shape index (κ3) is 6.51. The number of likely N-dealkylation sites (tertiary alicyclic amines) is 1. The molecule has 0 radical (unpaired) electrons. The lowest BCUT2D eigenvalue weighted by atomic mass is 9.79. The molecule has 1 heterocycles. The van der Waals surface area contributed by atoms with Crippen molar-refractivity contribution in [2.75, 3.05) is 17.2 Å². The highest BCUT2D eigenvalue weighted by atomic mass is 35.5. The number of nitrogens with one attached hydrogen (secondary N) is 2. The fourth-order valence-electron chi connectivity index (χ4n) is 5.34. The summed E-state index contributed by atoms with van der Waals surface area (Å²) < 4.78 is 15.1. The average Bonchev–Trinajstić information content (AvgIpc) is 3.72. The maximum Gasteiger partial charge on any atom is 0.322 e. The Balaban J connectivity index is 1.38. The average molecular weight is 575 g/mol. The summed E-state index contributed by atoms with van der Waals surface area (Å²) >= 11 is 5.93. The number of anilines is 2. The van der Waals surface area contributed by atoms with Crippen LogP contribution in [0.25, 0.3) is 0 Å². The molecule has 1 saturated heterocycles. The Morgan fingerprint density at radius 1 is 1.07 bits per heavy atom. The number of urea groups is 1. The second-order valence-electron chi connectivity index (χ2n) is 10.9. The largest absolute Gasteiger partial charge is 0.326 e. The van der Waals surface area contributed by atoms with Gasteiger partial charge in [-0.3, -0.25) is 4.79 Å². The van der Waals surface area contributed by atoms with Crippen LogP contribution in [0.5, 0.6) is 0 Å². The molecule has 2 aliphatic rings. The summed E-state index contributed by atoms with van der Waals surface area (Å²) in [5.41, 5.74) is 14.5. The van der Waals surface area contributed by atoms with E-state index in [1.54, 1.807) is 54.6 Å². The zero-order chi connectivity index (χ0) is 29.1. The van der Waals surface area contributed by atoms with Crippen LogP contribution in [0.2, 0.25) is 5.02 Å². The molecule has 3 aromatic rings. The number of hydrogen-bond donors (Lipinski definition) is 4. The highest BCUT2D eigenvalue weighted by molar-refractivity contribution is 6.30. The molecule has 212 valence electrons. The normalized spacial score (nSPS) is 19.7. The SMILES string of the molecule is N#Cc1cccc(C(N)(CCC2CC2)c2ccc(F)c(NC(=O)C3CC(N)CN3C(=O)Nc3ccc(Cl)cc3)c2)c1. The van der Waals surface area contributed by atoms with Gasteiger partial charge < -0.3 is 27.0 Å². The van der Waals surface area contributed by atoms with Gasteiger partial charge in [0.1, 0.15) is 11.9 Å². The number of halogens is 2. The number of nitriles is 1. The van der Waals surface area contributed by atoms with E-state index < -0.39 is 35.4 Å². The van der Waals surface area contributed by atoms with Crippen LogP contribution in [-0.4, -0.2) is 35.5 Å². The standard InChI is InChI=1S/C31H32ClFN6O2/c32-23-7-9-25(10-8-23)37-30(41)39-18-24(35)16-28(39)29(40)38-27-15-22(6-11-26(27)33)31(36,13-12-19-4-5-19)21-3-1-2-20(14-21)17-34/h1-3,6-11,14-15,19,24,28H,4-5,12-13,16,18,35-36H2,(H,37,41)(H,38,40). The molecule has 8 nitrogen and oxygen atoms in total. The van der Waals surface area contributed by atoms with Gasteiger partial charge in [-0.25, -0.2) is 9.18 Å². The van der Waals surface area contributed by atoms with Crippen LogP contribution < -0.4 is 22.1 Å². The van der Waals surface area contributed by atoms with Gasteiger partial charge in [0.15, 0.2) is 0 Å². The fraction of sp³-hybridized carbons (Fsp3) is 0.323. The zero-order valence-corrected chi connectivity index (χ0v) is 23.2. The molecule has 3 atom stereocenters. The first-order chi connectivity index (χ1) is 19.7. The molecule has 41 heavy (non-hydrogen) atoms. The molecule has 5 rings (SSSR count). The lowest BCUT2D eigenvalue weighted by Gasteiger charge is -2.32. The second kappa shape index (κ2) is 11.9. The highest BCUT2D eigenvalue weighted by Crippen LogP contribution is 2.40. The van der Waals surface area contributed by atoms with Crippen molar-refractivity contribution in [2.24, 2.45) is 17.4 Å². The van der Waals surface area contributed by atoms with E-state index in [1.165, 1.54) is 11.0 Å². The van der Waals surface area contributed by atoms with Crippen molar-refractivity contribution >= 4 is 34.9 Å². The maximum absolute atomic E-state index is 15.1. The zero-order valence-electron chi connectivity index (χ0n) is 22.4. The Morgan fingerprint density at radius 2 is 1.80 bits per heavy atom. The minimum absolute atomic E-state index is 0.0382. The van der Waals surface area contributed by atoms with Gasteiger partial charge in [-0.15, -0.1) is 0 Å². The van der Waals surface area contributed by atoms with Gasteiger partial charge >= 0.3 is 6.03 Å². The molecule has 0 spiro atoms. The highest BCUT2D eigenvalue weighted by Gasteiger charge is 2.39. The summed E-state index contributed by atoms with van der Waals surface area (Å²) in [4.78, 5) is 27.8. The molecule has 6 N–H and O–H groups in total. The summed E-state index contributed by atoms with van der Waals surface area (Å²) in [5, 5.41) is 15.4. The molecule has 2 fully saturated rings. The van der Waals surface area contributed by atoms with E-state index in [2.05, 4.69) is 16.7 Å². The molecule has 0 bridgehead atoms. The molecular weight excluding hydrogens is 543 g/mol. The molecule has 1 saturated carbocycles. The van der Waals surface area contributed by atoms with Gasteiger partial charge in [-0.05, 0) is 84.8 Å². The van der Waals surface area contributed by atoms with Crippen molar-refractivity contribution < 1.29 is 14.0 Å². The summed E-state index contributed by atoms with van der Waals surface area (Å²) in [6, 6.07) is 18.5. The minimum atomic E-state index is -0.997. The van der Waals surface area contributed by atoms with E-state index >= 15 is 4.39 Å². The number of carbonyl (C=O) groups excluding carboxylic acids is 2. The van der Waals surface area contributed by atoms with E-state index in [-0.39, 0.29) is 18.7 Å². The summed E-state index contributed by atoms with van der Waals surface area (Å²) in [5.74, 6) is -0.572. The number of carbonyl (C=O) groups is 2. The predicted octanol–water partition coefficient (Wildman–Crippen LogP) is 5.32. The van der Waals surface area contributed by atoms with Crippen molar-refractivity contribution in [1.82, 2.24) is 4.90 Å². The number of hydrogen-bond acceptors (Lipinski definition) is 5. The quantitative estimate of drug-likeness (QED) is 0.289. The van der Waals surface area contributed by atoms with E-state index in [0.717, 1.165) is 24.8 Å². The molecule has 1 aliphatic heterocycles. The van der Waals surface area contributed by atoms with Crippen molar-refractivity contribution in [3.05, 3.63) is 94.3 Å². The summed E-state index contributed by atoms with van der Waals surface area (Å²) in [6.07, 6.45) is 4.03. The fourth-order valence-corrected chi connectivity index (χ4v) is 5.47. The van der Waals surface area contributed by atoms with Gasteiger partial charge in [-0.2, -0.15) is 5.26 Å². The van der Waals surface area contributed by atoms with Crippen LogP contribution in [0.1, 0.15) is 48.8 Å². The van der Waals surface area contributed by atoms with E-state index in [1.807, 2.05) is 6.07 Å². The van der Waals surface area contributed by atoms with Gasteiger partial charge in [0.25, 0.3) is 0 Å². The number of amides is 3. The lowest BCUT2D eigenvalue weighted by molar-refractivity contribution is -0.119. The molecule has 10 heteroatoms. The molecule has 1 aliphatic carbocycles. The Bertz CT molecular complexity index is 1490. The number of benzene rings is 3. The molecule has 3 aromatic carbocycles. The van der Waals surface area contributed by atoms with Gasteiger partial charge in [0.2, 0.25) is 5.91 Å². The first-order valence-electron chi connectivity index (χ1n) is 13.7. The molecular formula is C31H32ClFN6O2. The van der Waals surface area contributed by atoms with Crippen molar-refractivity contribution in [3.8, 4) is 6.07 Å². The monoisotopic (exact) mass is 574 g/mol. The first-order valence-corrected chi connectivity index (χ1v) is 14.0. The smallest absolute Gasteiger partial charge is 0.322 e. The van der Waals surface area contributed by atoms with Crippen LogP contribution in [0.4, 0.5) is 20.6 Å². The van der Waals surface area contributed by atoms with Crippen molar-refractivity contribution in [2.45, 2.75) is 49.7 Å². The molecule has 0 aromatic heterocycles. The topological polar surface area (TPSA) is 137 Å². The van der Waals surface area contributed by atoms with Crippen LogP contribution in [-0.2, 0) is 10.3 Å². The Labute approximate surface area is 243 Å². The molecule has 3 unspecified atom stereocenters. The number of nitrogens with two attached hydrogens (primary N) is 2. The Hall–Kier alpha value is -3.97. The molecule has 3 amide bonds. The minimum Gasteiger partial charge on any atom is -0.326 e. The Kier molecular flexibility index (Phi) is 8.27. The van der Waals surface area contributed by atoms with E-state index in [0.29, 0.717) is 34.2 Å². The third-order valence-electron chi connectivity index (χ3n) is 7.88. The van der Waals surface area contributed by atoms with Crippen molar-refractivity contribution in [3.63, 3.8) is 0 Å². The summed E-state index contributed by atoms with van der Waals surface area (Å²) in [6.45, 7) is 0.169. The second-order valence-corrected chi connectivity index (χ2v) is 11.4. The van der Waals surface area contributed by atoms with Gasteiger partial charge in [0.05, 0.1) is 22.9 Å². The number of rotatable bonds is 8. The maximum atomic E-state index is 15.1. The van der Waals surface area contributed by atoms with Crippen LogP contribution >= 0.6 is 11.6 Å². The third-order valence-corrected chi connectivity index (χ3v) is 8.13. The lowest BCUT2D eigenvalue weighted by Crippen LogP contribution is -2.45. The first kappa shape index (κ1) is 28.6. The van der Waals surface area contributed by atoms with E-state index in [4.69, 9.17) is 23.1 Å². The predicted molar refractivity (Wildman–Crippen MR) is 157 cm³/mol. The van der Waals surface area contributed by atoms with Crippen LogP contribution in [0.15, 0.2) is 66.7 Å². The van der Waals surface area contributed by atoms with E-state index in [9.17, 15) is 14.9 Å². The van der Waals surface area contributed by atoms with Crippen LogP contribution in [0.3, 0.4) is 0 Å².